The minimum absolute atomic E-state index is 0.142. The molecule has 0 bridgehead atoms. The maximum Gasteiger partial charge on any atom is 0.158 e. The molecule has 1 fully saturated rings. The van der Waals surface area contributed by atoms with Gasteiger partial charge in [-0.1, -0.05) is 12.1 Å². The number of carbonyl (C=O) groups excluding carboxylic acids is 1. The van der Waals surface area contributed by atoms with Crippen LogP contribution in [0.3, 0.4) is 0 Å². The number of carbonyl (C=O) groups is 1. The van der Waals surface area contributed by atoms with E-state index in [0.717, 1.165) is 66.0 Å². The molecule has 0 amide bonds. The van der Waals surface area contributed by atoms with E-state index in [1.165, 1.54) is 24.1 Å². The minimum Gasteiger partial charge on any atom is -0.373 e. The van der Waals surface area contributed by atoms with E-state index in [1.807, 2.05) is 0 Å². The van der Waals surface area contributed by atoms with Gasteiger partial charge in [0, 0.05) is 49.7 Å². The van der Waals surface area contributed by atoms with Gasteiger partial charge in [0.15, 0.2) is 5.78 Å². The molecule has 0 saturated carbocycles. The second kappa shape index (κ2) is 9.81. The van der Waals surface area contributed by atoms with E-state index in [0.29, 0.717) is 6.42 Å². The lowest BCUT2D eigenvalue weighted by molar-refractivity contribution is -0.123. The third-order valence-electron chi connectivity index (χ3n) is 7.70. The van der Waals surface area contributed by atoms with Crippen LogP contribution in [0.1, 0.15) is 35.6 Å². The van der Waals surface area contributed by atoms with Gasteiger partial charge in [-0.15, -0.1) is 0 Å². The lowest BCUT2D eigenvalue weighted by Crippen LogP contribution is -2.32. The summed E-state index contributed by atoms with van der Waals surface area (Å²) in [6.45, 7) is 5.00. The first-order chi connectivity index (χ1) is 17.6. The highest BCUT2D eigenvalue weighted by atomic mass is 32.1. The number of rotatable bonds is 6. The van der Waals surface area contributed by atoms with Crippen molar-refractivity contribution >= 4 is 33.7 Å². The molecule has 2 aromatic heterocycles. The summed E-state index contributed by atoms with van der Waals surface area (Å²) in [6, 6.07) is 14.9. The number of ketones is 1. The van der Waals surface area contributed by atoms with Gasteiger partial charge in [-0.25, -0.2) is 0 Å². The molecule has 4 heterocycles. The number of nitrogens with zero attached hydrogens (tertiary/aromatic N) is 4. The summed E-state index contributed by atoms with van der Waals surface area (Å²) in [5.41, 5.74) is 7.85. The van der Waals surface area contributed by atoms with Crippen LogP contribution >= 0.6 is 11.3 Å². The molecule has 1 N–H and O–H groups in total. The molecule has 0 spiro atoms. The van der Waals surface area contributed by atoms with E-state index < -0.39 is 0 Å². The van der Waals surface area contributed by atoms with Gasteiger partial charge in [0.1, 0.15) is 0 Å². The highest BCUT2D eigenvalue weighted by Crippen LogP contribution is 2.33. The van der Waals surface area contributed by atoms with E-state index >= 15 is 0 Å². The zero-order chi connectivity index (χ0) is 24.6. The van der Waals surface area contributed by atoms with Crippen molar-refractivity contribution in [1.29, 1.82) is 0 Å². The van der Waals surface area contributed by atoms with Gasteiger partial charge in [-0.3, -0.25) is 14.8 Å². The molecule has 6 nitrogen and oxygen atoms in total. The maximum absolute atomic E-state index is 13.6. The molecule has 6 rings (SSSR count). The summed E-state index contributed by atoms with van der Waals surface area (Å²) < 4.78 is 0. The smallest absolute Gasteiger partial charge is 0.158 e. The average molecular weight is 500 g/mol. The van der Waals surface area contributed by atoms with Gasteiger partial charge >= 0.3 is 0 Å². The second-order valence-corrected chi connectivity index (χ2v) is 11.1. The summed E-state index contributed by atoms with van der Waals surface area (Å²) in [7, 11) is 4.34. The Morgan fingerprint density at radius 1 is 1.06 bits per heavy atom. The van der Waals surface area contributed by atoms with Crippen molar-refractivity contribution in [2.45, 2.75) is 31.8 Å². The Balaban J connectivity index is 1.31. The number of Topliss-reactive ketones (excluding diaryl/α,β-unsaturated/α-hetero) is 1. The van der Waals surface area contributed by atoms with Crippen LogP contribution in [-0.2, 0) is 17.8 Å². The Hall–Kier alpha value is -3.00. The molecule has 4 aromatic rings. The predicted octanol–water partition coefficient (Wildman–Crippen LogP) is 5.12. The van der Waals surface area contributed by atoms with Crippen molar-refractivity contribution in [1.82, 2.24) is 20.0 Å². The Bertz CT molecular complexity index is 1370. The molecule has 2 aliphatic rings. The number of benzene rings is 2. The van der Waals surface area contributed by atoms with E-state index in [2.05, 4.69) is 87.1 Å². The summed E-state index contributed by atoms with van der Waals surface area (Å²) in [5.74, 6) is 0.274. The summed E-state index contributed by atoms with van der Waals surface area (Å²) in [5, 5.41) is 13.2. The monoisotopic (exact) mass is 499 g/mol. The summed E-state index contributed by atoms with van der Waals surface area (Å²) >= 11 is 1.67. The Labute approximate surface area is 216 Å². The van der Waals surface area contributed by atoms with E-state index in [1.54, 1.807) is 11.3 Å². The van der Waals surface area contributed by atoms with Crippen molar-refractivity contribution in [3.63, 3.8) is 0 Å². The average Bonchev–Trinajstić information content (AvgIpc) is 3.64. The van der Waals surface area contributed by atoms with Crippen molar-refractivity contribution in [3.8, 4) is 11.3 Å². The number of aromatic nitrogens is 2. The quantitative estimate of drug-likeness (QED) is 0.399. The van der Waals surface area contributed by atoms with Crippen LogP contribution in [0.4, 0.5) is 5.69 Å². The number of likely N-dealkylation sites (N-methyl/N-ethyl adjacent to an activating group) is 2. The number of fused-ring (bicyclic) bond motifs is 2. The van der Waals surface area contributed by atoms with Crippen LogP contribution in [0.25, 0.3) is 22.2 Å². The van der Waals surface area contributed by atoms with E-state index in [4.69, 9.17) is 5.10 Å². The first-order valence-corrected chi connectivity index (χ1v) is 13.8. The van der Waals surface area contributed by atoms with Crippen molar-refractivity contribution in [2.75, 3.05) is 45.2 Å². The minimum atomic E-state index is -0.142. The fraction of sp³-hybridized carbons (Fsp3) is 0.379. The highest BCUT2D eigenvalue weighted by molar-refractivity contribution is 7.08. The molecule has 186 valence electrons. The standard InChI is InChI=1S/C29H33N5OS/c1-32-12-13-33(2)26-8-6-21(17-23(26)18-32)28-24-15-20(5-7-25(24)30-31-28)16-27(35)29(22-9-14-36-19-22)34-10-3-4-11-34/h5-9,14-15,17,19,29H,3-4,10-13,16,18H2,1-2H3,(H,30,31). The highest BCUT2D eigenvalue weighted by Gasteiger charge is 2.30. The Morgan fingerprint density at radius 3 is 2.72 bits per heavy atom. The van der Waals surface area contributed by atoms with E-state index in [-0.39, 0.29) is 11.8 Å². The van der Waals surface area contributed by atoms with E-state index in [9.17, 15) is 4.79 Å². The molecule has 2 aliphatic heterocycles. The van der Waals surface area contributed by atoms with Crippen molar-refractivity contribution in [2.24, 2.45) is 0 Å². The molecule has 7 heteroatoms. The first kappa shape index (κ1) is 23.4. The van der Waals surface area contributed by atoms with Crippen molar-refractivity contribution < 1.29 is 4.79 Å². The maximum atomic E-state index is 13.6. The number of hydrogen-bond donors (Lipinski definition) is 1. The van der Waals surface area contributed by atoms with Crippen LogP contribution in [0.5, 0.6) is 0 Å². The van der Waals surface area contributed by atoms with Gasteiger partial charge in [0.25, 0.3) is 0 Å². The number of aromatic amines is 1. The number of nitrogens with one attached hydrogen (secondary N) is 1. The third kappa shape index (κ3) is 4.47. The summed E-state index contributed by atoms with van der Waals surface area (Å²) in [6.07, 6.45) is 2.77. The molecular formula is C29H33N5OS. The zero-order valence-electron chi connectivity index (χ0n) is 21.0. The number of thiophene rings is 1. The fourth-order valence-electron chi connectivity index (χ4n) is 5.76. The number of anilines is 1. The third-order valence-corrected chi connectivity index (χ3v) is 8.40. The number of likely N-dealkylation sites (tertiary alicyclic amines) is 1. The van der Waals surface area contributed by atoms with Gasteiger partial charge in [0.05, 0.1) is 17.3 Å². The first-order valence-electron chi connectivity index (χ1n) is 12.9. The molecular weight excluding hydrogens is 466 g/mol. The van der Waals surface area contributed by atoms with Crippen LogP contribution in [0, 0.1) is 0 Å². The normalized spacial score (nSPS) is 17.9. The molecule has 0 aliphatic carbocycles. The Morgan fingerprint density at radius 2 is 1.92 bits per heavy atom. The zero-order valence-corrected chi connectivity index (χ0v) is 21.9. The van der Waals surface area contributed by atoms with Crippen LogP contribution in [-0.4, -0.2) is 66.1 Å². The second-order valence-electron chi connectivity index (χ2n) is 10.3. The fourth-order valence-corrected chi connectivity index (χ4v) is 6.44. The van der Waals surface area contributed by atoms with Gasteiger partial charge < -0.3 is 9.80 Å². The largest absolute Gasteiger partial charge is 0.373 e. The molecule has 36 heavy (non-hydrogen) atoms. The van der Waals surface area contributed by atoms with Gasteiger partial charge in [-0.05, 0) is 90.8 Å². The molecule has 0 radical (unpaired) electrons. The lowest BCUT2D eigenvalue weighted by atomic mass is 9.96. The number of hydrogen-bond acceptors (Lipinski definition) is 6. The topological polar surface area (TPSA) is 55.5 Å². The molecule has 1 unspecified atom stereocenters. The van der Waals surface area contributed by atoms with Crippen LogP contribution in [0.2, 0.25) is 0 Å². The van der Waals surface area contributed by atoms with Crippen LogP contribution in [0.15, 0.2) is 53.2 Å². The predicted molar refractivity (Wildman–Crippen MR) is 148 cm³/mol. The molecule has 2 aromatic carbocycles. The van der Waals surface area contributed by atoms with Crippen molar-refractivity contribution in [3.05, 3.63) is 69.9 Å². The Kier molecular flexibility index (Phi) is 6.37. The van der Waals surface area contributed by atoms with Gasteiger partial charge in [-0.2, -0.15) is 16.4 Å². The van der Waals surface area contributed by atoms with Gasteiger partial charge in [0.2, 0.25) is 0 Å². The molecule has 1 saturated heterocycles. The number of H-pyrrole nitrogens is 1. The SMILES string of the molecule is CN1CCN(C)c2ccc(-c3n[nH]c4ccc(CC(=O)C(c5ccsc5)N5CCCC5)cc34)cc2C1. The molecule has 1 atom stereocenters. The van der Waals surface area contributed by atoms with Crippen LogP contribution < -0.4 is 4.90 Å². The summed E-state index contributed by atoms with van der Waals surface area (Å²) in [4.78, 5) is 20.7. The lowest BCUT2D eigenvalue weighted by Gasteiger charge is -2.26.